The summed E-state index contributed by atoms with van der Waals surface area (Å²) in [5, 5.41) is 0. The van der Waals surface area contributed by atoms with Crippen molar-refractivity contribution in [1.29, 1.82) is 0 Å². The van der Waals surface area contributed by atoms with Crippen LogP contribution in [-0.2, 0) is 0 Å². The van der Waals surface area contributed by atoms with Crippen LogP contribution in [0.2, 0.25) is 0 Å². The van der Waals surface area contributed by atoms with Crippen LogP contribution in [0, 0.1) is 81.8 Å². The van der Waals surface area contributed by atoms with E-state index in [2.05, 4.69) is 65.2 Å². The molecule has 368 valence electrons. The first kappa shape index (κ1) is 48.9. The van der Waals surface area contributed by atoms with Crippen LogP contribution in [0.15, 0.2) is 0 Å². The quantitative estimate of drug-likeness (QED) is 0.216. The van der Waals surface area contributed by atoms with E-state index in [1.54, 1.807) is 77.0 Å². The lowest BCUT2D eigenvalue weighted by Crippen LogP contribution is -2.69. The second-order valence-electron chi connectivity index (χ2n) is 28.9. The Bertz CT molecular complexity index is 1270. The number of rotatable bonds is 10. The molecule has 0 amide bonds. The molecule has 2 nitrogen and oxygen atoms in total. The summed E-state index contributed by atoms with van der Waals surface area (Å²) in [5.74, 6) is 11.6. The molecule has 9 aliphatic carbocycles. The molecular weight excluding hydrogens is 773 g/mol. The van der Waals surface area contributed by atoms with Crippen LogP contribution in [0.1, 0.15) is 274 Å². The van der Waals surface area contributed by atoms with Crippen molar-refractivity contribution in [2.45, 2.75) is 310 Å². The molecule has 0 bridgehead atoms. The number of hydrogen-bond donors (Lipinski definition) is 0. The summed E-state index contributed by atoms with van der Waals surface area (Å²) in [6.07, 6.45) is 52.1. The van der Waals surface area contributed by atoms with Gasteiger partial charge in [-0.25, -0.2) is 0 Å². The van der Waals surface area contributed by atoms with E-state index in [0.29, 0.717) is 10.8 Å². The maximum absolute atomic E-state index is 3.57. The maximum atomic E-state index is 3.57. The Morgan fingerprint density at radius 3 is 0.938 bits per heavy atom. The summed E-state index contributed by atoms with van der Waals surface area (Å²) in [5.41, 5.74) is 0.923. The van der Waals surface area contributed by atoms with Gasteiger partial charge < -0.3 is 0 Å². The highest BCUT2D eigenvalue weighted by Gasteiger charge is 2.59. The third kappa shape index (κ3) is 11.4. The van der Waals surface area contributed by atoms with Crippen LogP contribution in [-0.4, -0.2) is 46.1 Å². The molecule has 0 saturated heterocycles. The minimum absolute atomic E-state index is 0.461. The molecule has 8 atom stereocenters. The fraction of sp³-hybridized carbons (Fsp3) is 1.00. The van der Waals surface area contributed by atoms with E-state index in [1.807, 2.05) is 0 Å². The number of fused-ring (bicyclic) bond motifs is 2. The zero-order chi connectivity index (χ0) is 44.6. The normalized spacial score (nSPS) is 43.8. The smallest absolute Gasteiger partial charge is 0.0164 e. The zero-order valence-corrected chi connectivity index (χ0v) is 44.3. The average molecular weight is 884 g/mol. The van der Waals surface area contributed by atoms with E-state index in [-0.39, 0.29) is 0 Å². The van der Waals surface area contributed by atoms with E-state index in [9.17, 15) is 0 Å². The standard InChI is InChI=1S/C62H110N2/c1-43-19-29-51(30-20-43)63(53-33-25-49(26-34-53)61(3,4)5)59-55-37-23-48(40-46-17-13-10-14-18-46)42-58(55)60(56-38-24-47(41-57(56)59)39-45-15-11-9-12-16-45)64(52-31-21-44(2)22-32-52)54-35-27-50(28-36-54)62(6,7)8/h43-60H,9-42H2,1-8H3. The van der Waals surface area contributed by atoms with Crippen LogP contribution in [0.3, 0.4) is 0 Å². The molecule has 0 aromatic heterocycles. The van der Waals surface area contributed by atoms with Crippen molar-refractivity contribution < 1.29 is 0 Å². The molecule has 2 heteroatoms. The van der Waals surface area contributed by atoms with E-state index < -0.39 is 0 Å². The largest absolute Gasteiger partial charge is 0.294 e. The number of nitrogens with zero attached hydrogens (tertiary/aromatic N) is 2. The van der Waals surface area contributed by atoms with E-state index in [4.69, 9.17) is 0 Å². The molecular formula is C62H110N2. The highest BCUT2D eigenvalue weighted by molar-refractivity contribution is 5.12. The fourth-order valence-corrected chi connectivity index (χ4v) is 19.1. The van der Waals surface area contributed by atoms with E-state index in [0.717, 1.165) is 107 Å². The van der Waals surface area contributed by atoms with Crippen molar-refractivity contribution in [3.63, 3.8) is 0 Å². The lowest BCUT2D eigenvalue weighted by molar-refractivity contribution is -0.161. The first-order chi connectivity index (χ1) is 30.8. The highest BCUT2D eigenvalue weighted by atomic mass is 15.3. The van der Waals surface area contributed by atoms with Gasteiger partial charge in [-0.05, 0) is 223 Å². The van der Waals surface area contributed by atoms with Crippen LogP contribution in [0.25, 0.3) is 0 Å². The van der Waals surface area contributed by atoms with Crippen LogP contribution in [0.4, 0.5) is 0 Å². The average Bonchev–Trinajstić information content (AvgIpc) is 3.29. The van der Waals surface area contributed by atoms with E-state index >= 15 is 0 Å². The third-order valence-corrected chi connectivity index (χ3v) is 22.9. The number of hydrogen-bond acceptors (Lipinski definition) is 2. The second-order valence-corrected chi connectivity index (χ2v) is 28.9. The second kappa shape index (κ2) is 21.5. The lowest BCUT2D eigenvalue weighted by atomic mass is 9.50. The molecule has 9 saturated carbocycles. The molecule has 0 aromatic rings. The summed E-state index contributed by atoms with van der Waals surface area (Å²) in [4.78, 5) is 7.14. The van der Waals surface area contributed by atoms with Gasteiger partial charge in [0.1, 0.15) is 0 Å². The molecule has 0 aliphatic heterocycles. The van der Waals surface area contributed by atoms with Gasteiger partial charge in [0.15, 0.2) is 0 Å². The SMILES string of the molecule is CC1CCC(N(C2CCC(C(C)(C)C)CC2)C2C3CCC(CC4CCCCC4)CC3C(N(C3CCC(C)CC3)C3CCC(C(C)(C)C)CC3)C3CCC(CC4CCCCC4)CC32)CC1. The monoisotopic (exact) mass is 883 g/mol. The predicted molar refractivity (Wildman–Crippen MR) is 276 cm³/mol. The van der Waals surface area contributed by atoms with Gasteiger partial charge >= 0.3 is 0 Å². The molecule has 0 spiro atoms. The topological polar surface area (TPSA) is 6.48 Å². The van der Waals surface area contributed by atoms with Gasteiger partial charge in [0, 0.05) is 36.3 Å². The van der Waals surface area contributed by atoms with Crippen molar-refractivity contribution in [2.75, 3.05) is 0 Å². The Labute approximate surface area is 399 Å². The Hall–Kier alpha value is -0.0800. The Kier molecular flexibility index (Phi) is 16.4. The molecule has 9 rings (SSSR count). The van der Waals surface area contributed by atoms with Crippen LogP contribution < -0.4 is 0 Å². The van der Waals surface area contributed by atoms with Crippen LogP contribution in [0.5, 0.6) is 0 Å². The van der Waals surface area contributed by atoms with Gasteiger partial charge in [-0.15, -0.1) is 0 Å². The van der Waals surface area contributed by atoms with Crippen molar-refractivity contribution >= 4 is 0 Å². The molecule has 0 heterocycles. The lowest BCUT2D eigenvalue weighted by Gasteiger charge is -2.66. The van der Waals surface area contributed by atoms with Gasteiger partial charge in [0.05, 0.1) is 0 Å². The fourth-order valence-electron chi connectivity index (χ4n) is 19.1. The van der Waals surface area contributed by atoms with Crippen LogP contribution >= 0.6 is 0 Å². The first-order valence-corrected chi connectivity index (χ1v) is 30.3. The first-order valence-electron chi connectivity index (χ1n) is 30.3. The van der Waals surface area contributed by atoms with Crippen molar-refractivity contribution in [3.05, 3.63) is 0 Å². The Morgan fingerprint density at radius 2 is 0.625 bits per heavy atom. The molecule has 0 radical (unpaired) electrons. The molecule has 9 fully saturated rings. The van der Waals surface area contributed by atoms with Gasteiger partial charge in [0.2, 0.25) is 0 Å². The molecule has 0 N–H and O–H groups in total. The summed E-state index contributed by atoms with van der Waals surface area (Å²) in [6, 6.07) is 5.16. The van der Waals surface area contributed by atoms with Gasteiger partial charge in [-0.2, -0.15) is 0 Å². The minimum atomic E-state index is 0.461. The van der Waals surface area contributed by atoms with Crippen molar-refractivity contribution in [2.24, 2.45) is 81.8 Å². The molecule has 8 unspecified atom stereocenters. The molecule has 9 aliphatic rings. The predicted octanol–water partition coefficient (Wildman–Crippen LogP) is 17.7. The molecule has 64 heavy (non-hydrogen) atoms. The van der Waals surface area contributed by atoms with Crippen molar-refractivity contribution in [3.8, 4) is 0 Å². The summed E-state index contributed by atoms with van der Waals surface area (Å²) >= 11 is 0. The van der Waals surface area contributed by atoms with Crippen molar-refractivity contribution in [1.82, 2.24) is 9.80 Å². The highest BCUT2D eigenvalue weighted by Crippen LogP contribution is 2.60. The Balaban J connectivity index is 1.11. The van der Waals surface area contributed by atoms with Gasteiger partial charge in [0.25, 0.3) is 0 Å². The van der Waals surface area contributed by atoms with Gasteiger partial charge in [-0.1, -0.05) is 132 Å². The van der Waals surface area contributed by atoms with Gasteiger partial charge in [-0.3, -0.25) is 9.80 Å². The Morgan fingerprint density at radius 1 is 0.312 bits per heavy atom. The third-order valence-electron chi connectivity index (χ3n) is 22.9. The summed E-state index contributed by atoms with van der Waals surface area (Å²) in [7, 11) is 0. The summed E-state index contributed by atoms with van der Waals surface area (Å²) in [6.45, 7) is 20.6. The maximum Gasteiger partial charge on any atom is 0.0164 e. The zero-order valence-electron chi connectivity index (χ0n) is 44.3. The van der Waals surface area contributed by atoms with E-state index in [1.165, 1.54) is 141 Å². The minimum Gasteiger partial charge on any atom is -0.294 e. The molecule has 0 aromatic carbocycles. The summed E-state index contributed by atoms with van der Waals surface area (Å²) < 4.78 is 0.